The average molecular weight is 310 g/mol. The van der Waals surface area contributed by atoms with Gasteiger partial charge in [-0.1, -0.05) is 55.4 Å². The molecule has 1 heterocycles. The van der Waals surface area contributed by atoms with Gasteiger partial charge < -0.3 is 14.6 Å². The molecule has 0 saturated heterocycles. The summed E-state index contributed by atoms with van der Waals surface area (Å²) in [7, 11) is 1.66. The van der Waals surface area contributed by atoms with Crippen molar-refractivity contribution in [2.75, 3.05) is 19.0 Å². The first kappa shape index (κ1) is 15.4. The minimum absolute atomic E-state index is 0.0242. The molecule has 0 saturated carbocycles. The van der Waals surface area contributed by atoms with Crippen LogP contribution in [-0.2, 0) is 5.41 Å². The van der Waals surface area contributed by atoms with Crippen molar-refractivity contribution in [1.82, 2.24) is 5.16 Å². The van der Waals surface area contributed by atoms with Gasteiger partial charge in [0.05, 0.1) is 7.11 Å². The fourth-order valence-corrected chi connectivity index (χ4v) is 2.73. The van der Waals surface area contributed by atoms with Gasteiger partial charge in [0, 0.05) is 12.0 Å². The lowest BCUT2D eigenvalue weighted by Gasteiger charge is -2.25. The van der Waals surface area contributed by atoms with Gasteiger partial charge in [0.1, 0.15) is 11.1 Å². The Bertz CT molecular complexity index is 807. The Hall–Kier alpha value is -2.49. The first-order valence-corrected chi connectivity index (χ1v) is 7.75. The number of hydrogen-bond acceptors (Lipinski definition) is 4. The van der Waals surface area contributed by atoms with Gasteiger partial charge >= 0.3 is 0 Å². The Morgan fingerprint density at radius 3 is 2.57 bits per heavy atom. The molecule has 0 aliphatic rings. The second-order valence-electron chi connectivity index (χ2n) is 6.42. The molecule has 120 valence electrons. The van der Waals surface area contributed by atoms with Crippen molar-refractivity contribution >= 4 is 16.8 Å². The lowest BCUT2D eigenvalue weighted by molar-refractivity contribution is 0.419. The van der Waals surface area contributed by atoms with E-state index in [4.69, 9.17) is 9.26 Å². The highest BCUT2D eigenvalue weighted by atomic mass is 16.5. The van der Waals surface area contributed by atoms with E-state index in [0.717, 1.165) is 34.6 Å². The molecule has 4 nitrogen and oxygen atoms in total. The number of anilines is 1. The molecule has 0 unspecified atom stereocenters. The predicted octanol–water partition coefficient (Wildman–Crippen LogP) is 4.53. The van der Waals surface area contributed by atoms with Gasteiger partial charge in [-0.15, -0.1) is 0 Å². The van der Waals surface area contributed by atoms with Crippen molar-refractivity contribution in [3.8, 4) is 5.75 Å². The monoisotopic (exact) mass is 310 g/mol. The van der Waals surface area contributed by atoms with Gasteiger partial charge in [0.2, 0.25) is 0 Å². The smallest absolute Gasteiger partial charge is 0.181 e. The summed E-state index contributed by atoms with van der Waals surface area (Å²) in [4.78, 5) is 0. The Balaban J connectivity index is 1.89. The van der Waals surface area contributed by atoms with Crippen molar-refractivity contribution in [2.24, 2.45) is 0 Å². The minimum Gasteiger partial charge on any atom is -0.496 e. The highest BCUT2D eigenvalue weighted by Gasteiger charge is 2.22. The third kappa shape index (κ3) is 2.89. The normalized spacial score (nSPS) is 11.7. The summed E-state index contributed by atoms with van der Waals surface area (Å²) in [5.74, 6) is 1.50. The number of nitrogens with zero attached hydrogens (tertiary/aromatic N) is 1. The largest absolute Gasteiger partial charge is 0.496 e. The van der Waals surface area contributed by atoms with Gasteiger partial charge in [-0.05, 0) is 24.1 Å². The number of aryl methyl sites for hydroxylation is 1. The first-order chi connectivity index (χ1) is 11.0. The maximum atomic E-state index is 5.50. The number of ether oxygens (including phenoxy) is 1. The highest BCUT2D eigenvalue weighted by Crippen LogP contribution is 2.35. The second kappa shape index (κ2) is 5.95. The van der Waals surface area contributed by atoms with Crippen LogP contribution < -0.4 is 10.1 Å². The third-order valence-electron chi connectivity index (χ3n) is 4.25. The van der Waals surface area contributed by atoms with Crippen LogP contribution in [0.5, 0.6) is 5.75 Å². The quantitative estimate of drug-likeness (QED) is 0.752. The van der Waals surface area contributed by atoms with Crippen molar-refractivity contribution in [1.29, 1.82) is 0 Å². The molecule has 0 radical (unpaired) electrons. The van der Waals surface area contributed by atoms with Crippen molar-refractivity contribution in [2.45, 2.75) is 26.2 Å². The van der Waals surface area contributed by atoms with E-state index in [-0.39, 0.29) is 5.41 Å². The summed E-state index contributed by atoms with van der Waals surface area (Å²) in [5.41, 5.74) is 3.07. The third-order valence-corrected chi connectivity index (χ3v) is 4.25. The van der Waals surface area contributed by atoms with E-state index < -0.39 is 0 Å². The molecule has 0 amide bonds. The predicted molar refractivity (Wildman–Crippen MR) is 93.3 cm³/mol. The topological polar surface area (TPSA) is 47.3 Å². The van der Waals surface area contributed by atoms with Crippen LogP contribution in [0.3, 0.4) is 0 Å². The molecule has 0 spiro atoms. The van der Waals surface area contributed by atoms with E-state index in [9.17, 15) is 0 Å². The van der Waals surface area contributed by atoms with Crippen molar-refractivity contribution in [3.05, 3.63) is 53.6 Å². The molecule has 0 fully saturated rings. The van der Waals surface area contributed by atoms with Crippen LogP contribution in [0.15, 0.2) is 47.0 Å². The van der Waals surface area contributed by atoms with Crippen molar-refractivity contribution < 1.29 is 9.26 Å². The number of rotatable bonds is 5. The molecule has 2 aromatic carbocycles. The zero-order valence-electron chi connectivity index (χ0n) is 14.0. The SMILES string of the molecule is COc1ccc(C)c2onc(NCC(C)(C)c3ccccc3)c12. The zero-order valence-corrected chi connectivity index (χ0v) is 14.0. The standard InChI is InChI=1S/C19H22N2O2/c1-13-10-11-15(22-4)16-17(13)23-21-18(16)20-12-19(2,3)14-8-6-5-7-9-14/h5-11H,12H2,1-4H3,(H,20,21). The number of benzene rings is 2. The molecule has 3 aromatic rings. The van der Waals surface area contributed by atoms with Crippen LogP contribution in [-0.4, -0.2) is 18.8 Å². The van der Waals surface area contributed by atoms with Gasteiger partial charge in [-0.3, -0.25) is 0 Å². The molecular formula is C19H22N2O2. The Morgan fingerprint density at radius 2 is 1.87 bits per heavy atom. The van der Waals surface area contributed by atoms with Gasteiger partial charge in [-0.25, -0.2) is 0 Å². The molecule has 4 heteroatoms. The van der Waals surface area contributed by atoms with E-state index in [1.807, 2.05) is 25.1 Å². The molecule has 1 N–H and O–H groups in total. The summed E-state index contributed by atoms with van der Waals surface area (Å²) in [5, 5.41) is 8.52. The number of hydrogen-bond donors (Lipinski definition) is 1. The number of fused-ring (bicyclic) bond motifs is 1. The van der Waals surface area contributed by atoms with Crippen LogP contribution in [0.25, 0.3) is 11.0 Å². The molecular weight excluding hydrogens is 288 g/mol. The molecule has 0 aliphatic carbocycles. The molecule has 1 aromatic heterocycles. The number of aromatic nitrogens is 1. The maximum absolute atomic E-state index is 5.50. The average Bonchev–Trinajstić information content (AvgIpc) is 2.99. The van der Waals surface area contributed by atoms with Gasteiger partial charge in [-0.2, -0.15) is 0 Å². The lowest BCUT2D eigenvalue weighted by Crippen LogP contribution is -2.27. The molecule has 0 bridgehead atoms. The molecule has 23 heavy (non-hydrogen) atoms. The van der Waals surface area contributed by atoms with Crippen LogP contribution in [0, 0.1) is 6.92 Å². The molecule has 0 atom stereocenters. The van der Waals surface area contributed by atoms with Gasteiger partial charge in [0.15, 0.2) is 11.4 Å². The lowest BCUT2D eigenvalue weighted by atomic mass is 9.84. The van der Waals surface area contributed by atoms with Crippen LogP contribution in [0.4, 0.5) is 5.82 Å². The summed E-state index contributed by atoms with van der Waals surface area (Å²) < 4.78 is 11.0. The fraction of sp³-hybridized carbons (Fsp3) is 0.316. The number of methoxy groups -OCH3 is 1. The van der Waals surface area contributed by atoms with E-state index in [2.05, 4.69) is 48.6 Å². The van der Waals surface area contributed by atoms with Crippen LogP contribution in [0.2, 0.25) is 0 Å². The van der Waals surface area contributed by atoms with Crippen molar-refractivity contribution in [3.63, 3.8) is 0 Å². The highest BCUT2D eigenvalue weighted by molar-refractivity contribution is 5.95. The van der Waals surface area contributed by atoms with E-state index >= 15 is 0 Å². The molecule has 0 aliphatic heterocycles. The van der Waals surface area contributed by atoms with Gasteiger partial charge in [0.25, 0.3) is 0 Å². The van der Waals surface area contributed by atoms with Crippen LogP contribution >= 0.6 is 0 Å². The summed E-state index contributed by atoms with van der Waals surface area (Å²) >= 11 is 0. The maximum Gasteiger partial charge on any atom is 0.181 e. The summed E-state index contributed by atoms with van der Waals surface area (Å²) in [6.07, 6.45) is 0. The Morgan fingerprint density at radius 1 is 1.13 bits per heavy atom. The fourth-order valence-electron chi connectivity index (χ4n) is 2.73. The Kier molecular flexibility index (Phi) is 3.99. The second-order valence-corrected chi connectivity index (χ2v) is 6.42. The summed E-state index contributed by atoms with van der Waals surface area (Å²) in [6.45, 7) is 7.17. The summed E-state index contributed by atoms with van der Waals surface area (Å²) in [6, 6.07) is 14.4. The van der Waals surface area contributed by atoms with E-state index in [1.54, 1.807) is 7.11 Å². The first-order valence-electron chi connectivity index (χ1n) is 7.75. The van der Waals surface area contributed by atoms with E-state index in [0.29, 0.717) is 0 Å². The molecule has 3 rings (SSSR count). The van der Waals surface area contributed by atoms with Crippen LogP contribution in [0.1, 0.15) is 25.0 Å². The Labute approximate surface area is 136 Å². The number of nitrogens with one attached hydrogen (secondary N) is 1. The minimum atomic E-state index is -0.0242. The van der Waals surface area contributed by atoms with E-state index in [1.165, 1.54) is 5.56 Å². The zero-order chi connectivity index (χ0) is 16.4.